The summed E-state index contributed by atoms with van der Waals surface area (Å²) in [6.45, 7) is 6.94. The molecule has 0 N–H and O–H groups in total. The van der Waals surface area contributed by atoms with E-state index in [0.717, 1.165) is 25.7 Å². The predicted molar refractivity (Wildman–Crippen MR) is 61.1 cm³/mol. The molecule has 16 heavy (non-hydrogen) atoms. The molecular weight excluding hydrogens is 204 g/mol. The van der Waals surface area contributed by atoms with Gasteiger partial charge < -0.3 is 9.47 Å². The molecule has 1 aliphatic heterocycles. The molecule has 3 heteroatoms. The fraction of sp³-hybridized carbons (Fsp3) is 0.923. The Morgan fingerprint density at radius 3 is 2.75 bits per heavy atom. The summed E-state index contributed by atoms with van der Waals surface area (Å²) >= 11 is 0. The van der Waals surface area contributed by atoms with Gasteiger partial charge in [0.15, 0.2) is 0 Å². The van der Waals surface area contributed by atoms with Gasteiger partial charge in [0.05, 0.1) is 24.7 Å². The third-order valence-corrected chi connectivity index (χ3v) is 4.40. The van der Waals surface area contributed by atoms with Crippen molar-refractivity contribution in [3.05, 3.63) is 0 Å². The van der Waals surface area contributed by atoms with E-state index in [1.807, 2.05) is 0 Å². The van der Waals surface area contributed by atoms with Crippen LogP contribution in [0.2, 0.25) is 0 Å². The minimum Gasteiger partial charge on any atom is -0.466 e. The zero-order chi connectivity index (χ0) is 11.8. The van der Waals surface area contributed by atoms with Crippen LogP contribution in [0.25, 0.3) is 0 Å². The van der Waals surface area contributed by atoms with E-state index in [1.165, 1.54) is 0 Å². The highest BCUT2D eigenvalue weighted by atomic mass is 16.6. The summed E-state index contributed by atoms with van der Waals surface area (Å²) in [7, 11) is 0. The monoisotopic (exact) mass is 226 g/mol. The Morgan fingerprint density at radius 2 is 2.25 bits per heavy atom. The van der Waals surface area contributed by atoms with Crippen molar-refractivity contribution in [2.45, 2.75) is 64.6 Å². The van der Waals surface area contributed by atoms with Crippen LogP contribution in [0.3, 0.4) is 0 Å². The van der Waals surface area contributed by atoms with E-state index >= 15 is 0 Å². The van der Waals surface area contributed by atoms with Crippen molar-refractivity contribution in [1.82, 2.24) is 0 Å². The van der Waals surface area contributed by atoms with Gasteiger partial charge in [-0.2, -0.15) is 0 Å². The van der Waals surface area contributed by atoms with E-state index in [9.17, 15) is 4.79 Å². The first-order valence-electron chi connectivity index (χ1n) is 6.35. The van der Waals surface area contributed by atoms with E-state index in [4.69, 9.17) is 9.47 Å². The zero-order valence-corrected chi connectivity index (χ0v) is 10.5. The topological polar surface area (TPSA) is 38.8 Å². The van der Waals surface area contributed by atoms with Gasteiger partial charge in [0.25, 0.3) is 0 Å². The summed E-state index contributed by atoms with van der Waals surface area (Å²) in [5.74, 6) is -0.0617. The first-order valence-corrected chi connectivity index (χ1v) is 6.35. The molecule has 0 aromatic heterocycles. The van der Waals surface area contributed by atoms with Crippen LogP contribution in [-0.2, 0) is 14.3 Å². The van der Waals surface area contributed by atoms with Crippen molar-refractivity contribution < 1.29 is 14.3 Å². The number of carbonyl (C=O) groups excluding carboxylic acids is 1. The number of carbonyl (C=O) groups is 1. The molecule has 0 spiro atoms. The Balaban J connectivity index is 1.82. The van der Waals surface area contributed by atoms with Crippen LogP contribution < -0.4 is 0 Å². The largest absolute Gasteiger partial charge is 0.466 e. The number of fused-ring (bicyclic) bond motifs is 1. The zero-order valence-electron chi connectivity index (χ0n) is 10.5. The number of unbranched alkanes of at least 4 members (excludes halogenated alkanes) is 1. The summed E-state index contributed by atoms with van der Waals surface area (Å²) in [5, 5.41) is 0. The van der Waals surface area contributed by atoms with E-state index < -0.39 is 0 Å². The molecule has 0 aromatic carbocycles. The fourth-order valence-corrected chi connectivity index (χ4v) is 2.79. The van der Waals surface area contributed by atoms with E-state index in [2.05, 4.69) is 20.8 Å². The van der Waals surface area contributed by atoms with Crippen molar-refractivity contribution in [2.24, 2.45) is 5.41 Å². The van der Waals surface area contributed by atoms with Crippen LogP contribution in [0.15, 0.2) is 0 Å². The lowest BCUT2D eigenvalue weighted by molar-refractivity contribution is -0.147. The molecule has 1 aliphatic carbocycles. The fourth-order valence-electron chi connectivity index (χ4n) is 2.79. The summed E-state index contributed by atoms with van der Waals surface area (Å²) in [5.41, 5.74) is -0.0717. The van der Waals surface area contributed by atoms with E-state index in [-0.39, 0.29) is 17.0 Å². The second-order valence-electron chi connectivity index (χ2n) is 5.56. The van der Waals surface area contributed by atoms with Gasteiger partial charge in [-0.15, -0.1) is 0 Å². The maximum atomic E-state index is 11.7. The van der Waals surface area contributed by atoms with Gasteiger partial charge in [0, 0.05) is 5.41 Å². The summed E-state index contributed by atoms with van der Waals surface area (Å²) < 4.78 is 10.9. The average Bonchev–Trinajstić information content (AvgIpc) is 2.83. The first kappa shape index (κ1) is 11.9. The summed E-state index contributed by atoms with van der Waals surface area (Å²) in [4.78, 5) is 11.7. The molecule has 92 valence electrons. The lowest BCUT2D eigenvalue weighted by Gasteiger charge is -2.29. The van der Waals surface area contributed by atoms with Gasteiger partial charge in [-0.1, -0.05) is 20.3 Å². The third-order valence-electron chi connectivity index (χ3n) is 4.40. The van der Waals surface area contributed by atoms with Crippen LogP contribution in [0, 0.1) is 5.41 Å². The molecule has 0 amide bonds. The highest BCUT2D eigenvalue weighted by Gasteiger charge is 2.68. The minimum absolute atomic E-state index is 0.0129. The summed E-state index contributed by atoms with van der Waals surface area (Å²) in [6, 6.07) is 0. The van der Waals surface area contributed by atoms with Crippen LogP contribution in [0.1, 0.15) is 52.9 Å². The molecule has 3 atom stereocenters. The molecule has 0 bridgehead atoms. The van der Waals surface area contributed by atoms with Gasteiger partial charge in [0.2, 0.25) is 0 Å². The van der Waals surface area contributed by atoms with Crippen LogP contribution in [0.5, 0.6) is 0 Å². The average molecular weight is 226 g/mol. The highest BCUT2D eigenvalue weighted by molar-refractivity contribution is 5.70. The standard InChI is InChI=1S/C13H22O3/c1-4-5-8-15-11(14)9-12(2)7-6-10-13(12,3)16-10/h10H,4-9H2,1-3H3. The number of esters is 1. The summed E-state index contributed by atoms with van der Waals surface area (Å²) in [6.07, 6.45) is 5.09. The van der Waals surface area contributed by atoms with Crippen molar-refractivity contribution in [3.63, 3.8) is 0 Å². The SMILES string of the molecule is CCCCOC(=O)CC1(C)CCC2OC21C. The predicted octanol–water partition coefficient (Wildman–Crippen LogP) is 2.68. The van der Waals surface area contributed by atoms with Gasteiger partial charge in [0.1, 0.15) is 0 Å². The lowest BCUT2D eigenvalue weighted by atomic mass is 9.77. The van der Waals surface area contributed by atoms with Gasteiger partial charge in [-0.3, -0.25) is 4.79 Å². The van der Waals surface area contributed by atoms with Crippen LogP contribution in [-0.4, -0.2) is 24.3 Å². The molecule has 1 saturated carbocycles. The molecule has 1 saturated heterocycles. The van der Waals surface area contributed by atoms with Gasteiger partial charge in [-0.05, 0) is 26.2 Å². The molecule has 2 rings (SSSR count). The van der Waals surface area contributed by atoms with Crippen molar-refractivity contribution >= 4 is 5.97 Å². The molecule has 3 unspecified atom stereocenters. The minimum atomic E-state index is -0.0617. The Kier molecular flexibility index (Phi) is 2.99. The second kappa shape index (κ2) is 4.02. The van der Waals surface area contributed by atoms with Crippen molar-refractivity contribution in [2.75, 3.05) is 6.61 Å². The Labute approximate surface area is 97.5 Å². The van der Waals surface area contributed by atoms with E-state index in [1.54, 1.807) is 0 Å². The molecule has 0 radical (unpaired) electrons. The maximum Gasteiger partial charge on any atom is 0.306 e. The molecule has 2 fully saturated rings. The maximum absolute atomic E-state index is 11.7. The first-order chi connectivity index (χ1) is 7.52. The Bertz CT molecular complexity index is 287. The van der Waals surface area contributed by atoms with Gasteiger partial charge >= 0.3 is 5.97 Å². The molecule has 2 aliphatic rings. The smallest absolute Gasteiger partial charge is 0.306 e. The Morgan fingerprint density at radius 1 is 1.50 bits per heavy atom. The van der Waals surface area contributed by atoms with Crippen molar-refractivity contribution in [1.29, 1.82) is 0 Å². The number of ether oxygens (including phenoxy) is 2. The molecule has 1 heterocycles. The molecule has 0 aromatic rings. The number of hydrogen-bond donors (Lipinski definition) is 0. The van der Waals surface area contributed by atoms with Crippen LogP contribution in [0.4, 0.5) is 0 Å². The van der Waals surface area contributed by atoms with Crippen LogP contribution >= 0.6 is 0 Å². The normalized spacial score (nSPS) is 40.6. The van der Waals surface area contributed by atoms with E-state index in [0.29, 0.717) is 19.1 Å². The lowest BCUT2D eigenvalue weighted by Crippen LogP contribution is -2.33. The number of rotatable bonds is 5. The molecule has 3 nitrogen and oxygen atoms in total. The second-order valence-corrected chi connectivity index (χ2v) is 5.56. The van der Waals surface area contributed by atoms with Gasteiger partial charge in [-0.25, -0.2) is 0 Å². The van der Waals surface area contributed by atoms with Crippen molar-refractivity contribution in [3.8, 4) is 0 Å². The number of hydrogen-bond acceptors (Lipinski definition) is 3. The number of epoxide rings is 1. The molecular formula is C13H22O3. The highest BCUT2D eigenvalue weighted by Crippen LogP contribution is 2.62. The third kappa shape index (κ3) is 1.86. The Hall–Kier alpha value is -0.570. The quantitative estimate of drug-likeness (QED) is 0.411.